The van der Waals surface area contributed by atoms with Crippen molar-refractivity contribution < 1.29 is 118 Å². The summed E-state index contributed by atoms with van der Waals surface area (Å²) in [5.74, 6) is -3.82. The first-order valence-electron chi connectivity index (χ1n) is 37.3. The first-order valence-corrected chi connectivity index (χ1v) is 42.6. The molecule has 2 saturated heterocycles. The molecule has 113 heavy (non-hydrogen) atoms. The number of aliphatic hydroxyl groups excluding tert-OH is 1. The van der Waals surface area contributed by atoms with Gasteiger partial charge in [-0.25, -0.2) is 24.3 Å². The van der Waals surface area contributed by atoms with Gasteiger partial charge in [-0.2, -0.15) is 4.98 Å². The number of carbonyl (C=O) groups excluding carboxylic acids is 7. The van der Waals surface area contributed by atoms with Crippen molar-refractivity contribution in [1.29, 1.82) is 0 Å². The molecule has 1 saturated carbocycles. The Balaban J connectivity index is 0.793. The molecular weight excluding hydrogens is 1560 g/mol. The zero-order chi connectivity index (χ0) is 80.7. The van der Waals surface area contributed by atoms with Gasteiger partial charge in [-0.05, 0) is 66.7 Å². The van der Waals surface area contributed by atoms with Gasteiger partial charge in [0.05, 0.1) is 131 Å². The number of nitrogens with zero attached hydrogens (tertiary/aromatic N) is 7. The molecule has 6 heterocycles. The summed E-state index contributed by atoms with van der Waals surface area (Å²) in [5.41, 5.74) is 0.305. The van der Waals surface area contributed by atoms with Crippen LogP contribution in [-0.2, 0) is 125 Å². The number of imidazole rings is 1. The number of imide groups is 1. The number of amides is 5. The van der Waals surface area contributed by atoms with Gasteiger partial charge in [0.1, 0.15) is 43.1 Å². The number of hydrogen-bond acceptors (Lipinski definition) is 30. The number of nitrogens with one attached hydrogen (secondary N) is 3. The van der Waals surface area contributed by atoms with Gasteiger partial charge in [-0.1, -0.05) is 75.0 Å². The standard InChI is InChI=1S/C73H100N10O26P2S2/c1-48(2)57(40-54(84)11-6-5-9-21-82-62(86)17-18-63(82)87)69(90)77-49(3)58(85)38-50-13-15-51(16-14-50)43-103-73(92)81(22-23-96-26-27-98-30-31-100-34-35-102-37-36-101-33-32-99-29-28-97-25-24-95-4)42-52-10-7-8-12-56(52)68(89)79-72-78-67-64(70(91)80-72)76-47-83(67)71-66-65(88)60(107-71)45-105-110(93,112)108-59-41-55(106-61-19-20-74-46-75-61)39-53(59)44-104-111(94,113)109-66/h7-8,10,12-20,46-49,53,55,57,59-60,65-66,71,88H,5-6,9,11,21-45H2,1-4H3,(H,77,90)(H,93,112)(H,94,113)(H2,78,79,80,89,91)/t49-,53+,55+,57-,59-,60+,65+,66+,71+,110?,111?/m0/s1. The summed E-state index contributed by atoms with van der Waals surface area (Å²) in [6.45, 7) is 0.997. The van der Waals surface area contributed by atoms with Gasteiger partial charge in [0.25, 0.3) is 23.3 Å². The van der Waals surface area contributed by atoms with Crippen LogP contribution in [-0.4, -0.2) is 260 Å². The Bertz CT molecular complexity index is 4090. The molecule has 1 aliphatic carbocycles. The van der Waals surface area contributed by atoms with E-state index in [9.17, 15) is 52.9 Å². The highest BCUT2D eigenvalue weighted by Gasteiger charge is 2.51. The largest absolute Gasteiger partial charge is 0.474 e. The number of benzene rings is 2. The van der Waals surface area contributed by atoms with Gasteiger partial charge in [-0.3, -0.25) is 57.9 Å². The van der Waals surface area contributed by atoms with Crippen molar-refractivity contribution in [1.82, 2.24) is 44.6 Å². The Morgan fingerprint density at radius 3 is 2.04 bits per heavy atom. The minimum atomic E-state index is -4.42. The monoisotopic (exact) mass is 1660 g/mol. The fraction of sp³-hybridized carbons (Fsp3) is 0.589. The van der Waals surface area contributed by atoms with Crippen molar-refractivity contribution >= 4 is 96.0 Å². The molecule has 2 aromatic carbocycles. The first-order chi connectivity index (χ1) is 54.4. The van der Waals surface area contributed by atoms with E-state index in [0.717, 1.165) is 11.2 Å². The number of ether oxygens (including phenoxy) is 11. The number of Topliss-reactive ketones (excluding diaryl/α,β-unsaturated/α-hetero) is 2. The van der Waals surface area contributed by atoms with Crippen LogP contribution in [0, 0.1) is 17.8 Å². The third kappa shape index (κ3) is 28.9. The lowest BCUT2D eigenvalue weighted by Gasteiger charge is -2.27. The molecule has 3 aliphatic heterocycles. The number of H-pyrrole nitrogens is 1. The Morgan fingerprint density at radius 2 is 1.41 bits per heavy atom. The van der Waals surface area contributed by atoms with Crippen LogP contribution in [0.25, 0.3) is 11.2 Å². The van der Waals surface area contributed by atoms with Crippen LogP contribution in [0.4, 0.5) is 10.7 Å². The van der Waals surface area contributed by atoms with Crippen LogP contribution in [0.3, 0.4) is 0 Å². The molecule has 5 N–H and O–H groups in total. The minimum Gasteiger partial charge on any atom is -0.474 e. The number of rotatable bonds is 47. The van der Waals surface area contributed by atoms with Crippen molar-refractivity contribution in [2.45, 2.75) is 128 Å². The molecular formula is C73H100N10O26P2S2. The van der Waals surface area contributed by atoms with E-state index in [4.69, 9.17) is 82.0 Å². The summed E-state index contributed by atoms with van der Waals surface area (Å²) in [6, 6.07) is 13.8. The fourth-order valence-electron chi connectivity index (χ4n) is 12.4. The second kappa shape index (κ2) is 45.9. The number of methoxy groups -OCH3 is 1. The highest BCUT2D eigenvalue weighted by atomic mass is 32.7. The number of hydrogen-bond donors (Lipinski definition) is 6. The summed E-state index contributed by atoms with van der Waals surface area (Å²) in [4.78, 5) is 139. The minimum absolute atomic E-state index is 0.00242. The normalized spacial score (nSPS) is 22.3. The van der Waals surface area contributed by atoms with Gasteiger partial charge in [0.15, 0.2) is 23.2 Å². The Hall–Kier alpha value is -7.27. The van der Waals surface area contributed by atoms with Crippen molar-refractivity contribution in [3.05, 3.63) is 118 Å². The molecule has 2 bridgehead atoms. The van der Waals surface area contributed by atoms with Crippen LogP contribution >= 0.6 is 25.8 Å². The molecule has 0 spiro atoms. The van der Waals surface area contributed by atoms with Gasteiger partial charge >= 0.3 is 19.6 Å². The molecule has 3 aromatic heterocycles. The van der Waals surface area contributed by atoms with Gasteiger partial charge in [0.2, 0.25) is 17.7 Å². The highest BCUT2D eigenvalue weighted by molar-refractivity contribution is 8.44. The van der Waals surface area contributed by atoms with E-state index in [-0.39, 0.29) is 149 Å². The number of aliphatic hydroxyl groups is 1. The zero-order valence-corrected chi connectivity index (χ0v) is 66.9. The second-order valence-corrected chi connectivity index (χ2v) is 32.8. The summed E-state index contributed by atoms with van der Waals surface area (Å²) >= 11 is 9.70. The van der Waals surface area contributed by atoms with Crippen LogP contribution in [0.2, 0.25) is 0 Å². The van der Waals surface area contributed by atoms with Crippen LogP contribution in [0.5, 0.6) is 5.88 Å². The predicted molar refractivity (Wildman–Crippen MR) is 410 cm³/mol. The molecule has 0 radical (unpaired) electrons. The summed E-state index contributed by atoms with van der Waals surface area (Å²) in [5, 5.41) is 17.2. The topological polar surface area (TPSA) is 435 Å². The third-order valence-corrected chi connectivity index (χ3v) is 21.7. The molecule has 40 heteroatoms. The van der Waals surface area contributed by atoms with Crippen LogP contribution in [0.15, 0.2) is 90.4 Å². The Labute approximate surface area is 663 Å². The molecule has 620 valence electrons. The van der Waals surface area contributed by atoms with Crippen LogP contribution < -0.4 is 20.9 Å². The predicted octanol–water partition coefficient (Wildman–Crippen LogP) is 5.58. The molecule has 3 fully saturated rings. The summed E-state index contributed by atoms with van der Waals surface area (Å²) in [6.07, 6.45) is 0.642. The Kier molecular flexibility index (Phi) is 36.4. The number of thiol groups is 1. The van der Waals surface area contributed by atoms with E-state index in [1.165, 1.54) is 40.2 Å². The maximum atomic E-state index is 14.5. The van der Waals surface area contributed by atoms with Crippen molar-refractivity contribution in [3.8, 4) is 5.88 Å². The molecule has 5 aromatic rings. The zero-order valence-electron chi connectivity index (χ0n) is 63.4. The summed E-state index contributed by atoms with van der Waals surface area (Å²) in [7, 11) is 1.61. The number of aromatic amines is 1. The van der Waals surface area contributed by atoms with Crippen molar-refractivity contribution in [2.75, 3.05) is 138 Å². The van der Waals surface area contributed by atoms with Gasteiger partial charge in [-0.15, -0.1) is 0 Å². The second-order valence-electron chi connectivity index (χ2n) is 27.2. The number of carbonyl (C=O) groups is 7. The van der Waals surface area contributed by atoms with Gasteiger partial charge < -0.3 is 85.9 Å². The number of aromatic nitrogens is 6. The molecule has 4 aliphatic rings. The number of fused-ring (bicyclic) bond motifs is 4. The lowest BCUT2D eigenvalue weighted by molar-refractivity contribution is -0.137. The van der Waals surface area contributed by atoms with E-state index in [1.54, 1.807) is 62.6 Å². The molecule has 36 nitrogen and oxygen atoms in total. The van der Waals surface area contributed by atoms with E-state index >= 15 is 0 Å². The van der Waals surface area contributed by atoms with E-state index in [0.29, 0.717) is 109 Å². The Morgan fingerprint density at radius 1 is 0.770 bits per heavy atom. The summed E-state index contributed by atoms with van der Waals surface area (Å²) < 4.78 is 101. The van der Waals surface area contributed by atoms with Crippen molar-refractivity contribution in [3.63, 3.8) is 0 Å². The molecule has 5 amide bonds. The van der Waals surface area contributed by atoms with Gasteiger partial charge in [0, 0.05) is 94.2 Å². The van der Waals surface area contributed by atoms with Crippen LogP contribution in [0.1, 0.15) is 99.0 Å². The first kappa shape index (κ1) is 89.7. The molecule has 2 unspecified atom stereocenters. The third-order valence-electron chi connectivity index (χ3n) is 18.5. The van der Waals surface area contributed by atoms with E-state index in [2.05, 4.69) is 47.8 Å². The maximum absolute atomic E-state index is 14.5. The maximum Gasteiger partial charge on any atom is 0.410 e. The quantitative estimate of drug-likeness (QED) is 0.0120. The average molecular weight is 1660 g/mol. The lowest BCUT2D eigenvalue weighted by Crippen LogP contribution is -2.44. The molecule has 11 atom stereocenters. The fourth-order valence-corrected chi connectivity index (χ4v) is 15.5. The smallest absolute Gasteiger partial charge is 0.410 e. The highest BCUT2D eigenvalue weighted by Crippen LogP contribution is 2.59. The number of unbranched alkanes of at least 4 members (excludes halogenated alkanes) is 2. The molecule has 9 rings (SSSR count). The number of anilines is 1. The van der Waals surface area contributed by atoms with E-state index < -0.39 is 98.2 Å². The number of ketones is 2. The SMILES string of the molecule is COCCOCCOCCOCCOCCOCCOCCOCCN(Cc1ccccc1C(=O)Nc1nc2c(ncn2[C@@H]2O[C@@H]3COP(O)(=S)O[C@H]4C[C@H](Oc5ccncn5)C[C@@H]4COP(=O)(S)O[C@@H]2[C@@H]3O)c(=O)[nH]1)C(=O)OCc1ccc(CC(=O)[C@H](C)NC(=O)[C@@H](CC(=O)CCCCCN2C(=O)C=CC2=O)C(C)C)cc1. The average Bonchev–Trinajstić information content (AvgIpc) is 1.61. The van der Waals surface area contributed by atoms with E-state index in [1.807, 2.05) is 13.8 Å². The van der Waals surface area contributed by atoms with Crippen molar-refractivity contribution in [2.24, 2.45) is 17.8 Å². The lowest BCUT2D eigenvalue weighted by atomic mass is 9.88.